The Hall–Kier alpha value is -0.480. The Labute approximate surface area is 121 Å². The molecule has 8 heteroatoms. The van der Waals surface area contributed by atoms with Crippen molar-refractivity contribution >= 4 is 7.95 Å². The van der Waals surface area contributed by atoms with E-state index in [1.54, 1.807) is 4.67 Å². The van der Waals surface area contributed by atoms with E-state index in [1.807, 2.05) is 33.8 Å². The molecule has 20 heavy (non-hydrogen) atoms. The number of ether oxygens (including phenoxy) is 1. The zero-order valence-electron chi connectivity index (χ0n) is 12.5. The van der Waals surface area contributed by atoms with Crippen LogP contribution >= 0.6 is 7.95 Å². The van der Waals surface area contributed by atoms with Gasteiger partial charge in [0.2, 0.25) is 0 Å². The van der Waals surface area contributed by atoms with Crippen molar-refractivity contribution in [2.45, 2.75) is 57.8 Å². The van der Waals surface area contributed by atoms with Crippen LogP contribution in [0, 0.1) is 11.3 Å². The zero-order chi connectivity index (χ0) is 15.9. The molecule has 0 radical (unpaired) electrons. The zero-order valence-corrected chi connectivity index (χ0v) is 13.5. The molecule has 0 aromatic heterocycles. The average molecular weight is 307 g/mol. The summed E-state index contributed by atoms with van der Waals surface area (Å²) in [6.07, 6.45) is -1.45. The highest BCUT2D eigenvalue weighted by Gasteiger charge is 2.46. The molecule has 7 nitrogen and oxygen atoms in total. The molecule has 0 bridgehead atoms. The maximum Gasteiger partial charge on any atom is 0.259 e. The lowest BCUT2D eigenvalue weighted by molar-refractivity contribution is -0.195. The van der Waals surface area contributed by atoms with Crippen molar-refractivity contribution in [1.29, 1.82) is 5.26 Å². The van der Waals surface area contributed by atoms with Gasteiger partial charge in [0, 0.05) is 18.6 Å². The summed E-state index contributed by atoms with van der Waals surface area (Å²) in [4.78, 5) is 0. The molecule has 0 aliphatic carbocycles. The van der Waals surface area contributed by atoms with Crippen LogP contribution in [0.1, 0.15) is 34.1 Å². The Morgan fingerprint density at radius 1 is 1.40 bits per heavy atom. The quantitative estimate of drug-likeness (QED) is 0.322. The minimum absolute atomic E-state index is 0.0259. The predicted octanol–water partition coefficient (Wildman–Crippen LogP) is 0.476. The minimum atomic E-state index is -2.88. The number of aliphatic hydroxyl groups excluding tert-OH is 1. The number of hydrogen-bond donors (Lipinski definition) is 3. The molecule has 4 N–H and O–H groups in total. The van der Waals surface area contributed by atoms with Gasteiger partial charge in [-0.25, -0.2) is 4.67 Å². The first-order chi connectivity index (χ1) is 9.22. The summed E-state index contributed by atoms with van der Waals surface area (Å²) in [7, 11) is -2.88. The van der Waals surface area contributed by atoms with Crippen molar-refractivity contribution in [3.63, 3.8) is 0 Å². The molecule has 0 fully saturated rings. The van der Waals surface area contributed by atoms with Crippen LogP contribution in [0.3, 0.4) is 0 Å². The lowest BCUT2D eigenvalue weighted by atomic mass is 10.3. The Balaban J connectivity index is 5.29. The van der Waals surface area contributed by atoms with E-state index in [0.29, 0.717) is 0 Å². The summed E-state index contributed by atoms with van der Waals surface area (Å²) in [6.45, 7) is 6.95. The number of nitrogens with two attached hydrogens (primary N) is 1. The Kier molecular flexibility index (Phi) is 8.52. The molecule has 0 aromatic rings. The third-order valence-electron chi connectivity index (χ3n) is 2.86. The first-order valence-electron chi connectivity index (χ1n) is 6.66. The number of rotatable bonds is 9. The highest BCUT2D eigenvalue weighted by Crippen LogP contribution is 2.46. The van der Waals surface area contributed by atoms with Crippen LogP contribution in [0.4, 0.5) is 0 Å². The molecular weight excluding hydrogens is 281 g/mol. The van der Waals surface area contributed by atoms with Gasteiger partial charge in [-0.1, -0.05) is 0 Å². The van der Waals surface area contributed by atoms with E-state index in [9.17, 15) is 14.8 Å². The Morgan fingerprint density at radius 3 is 2.25 bits per heavy atom. The normalized spacial score (nSPS) is 18.1. The van der Waals surface area contributed by atoms with Crippen LogP contribution in [0.2, 0.25) is 0 Å². The van der Waals surface area contributed by atoms with Crippen molar-refractivity contribution < 1.29 is 19.5 Å². The standard InChI is InChI=1S/C12H26N3O4P/c1-9(2)15(10(3)4)20(18)12(17,11(16)8-14)19-7-5-6-13/h9-11,16-17,20H,5,7-8,14H2,1-4H3/t11?,12-/m0/s1. The summed E-state index contributed by atoms with van der Waals surface area (Å²) in [5.41, 5.74) is 3.11. The third-order valence-corrected chi connectivity index (χ3v) is 5.46. The number of nitriles is 1. The smallest absolute Gasteiger partial charge is 0.259 e. The molecule has 0 rings (SSSR count). The van der Waals surface area contributed by atoms with Crippen LogP contribution in [0.5, 0.6) is 0 Å². The highest BCUT2D eigenvalue weighted by atomic mass is 31.1. The maximum atomic E-state index is 12.7. The topological polar surface area (TPSA) is 120 Å². The Morgan fingerprint density at radius 2 is 1.90 bits per heavy atom. The monoisotopic (exact) mass is 307 g/mol. The lowest BCUT2D eigenvalue weighted by Gasteiger charge is -2.39. The van der Waals surface area contributed by atoms with Gasteiger partial charge in [0.1, 0.15) is 6.10 Å². The van der Waals surface area contributed by atoms with Gasteiger partial charge in [0.05, 0.1) is 19.1 Å². The number of hydrogen-bond acceptors (Lipinski definition) is 6. The van der Waals surface area contributed by atoms with Crippen molar-refractivity contribution in [1.82, 2.24) is 4.67 Å². The molecular formula is C12H26N3O4P. The fraction of sp³-hybridized carbons (Fsp3) is 0.917. The summed E-state index contributed by atoms with van der Waals surface area (Å²) in [5.74, 6) is 0. The molecule has 0 heterocycles. The second kappa shape index (κ2) is 8.73. The van der Waals surface area contributed by atoms with Gasteiger partial charge < -0.3 is 25.2 Å². The van der Waals surface area contributed by atoms with Crippen molar-refractivity contribution in [3.05, 3.63) is 0 Å². The molecule has 0 aliphatic heterocycles. The van der Waals surface area contributed by atoms with Gasteiger partial charge in [-0.3, -0.25) is 0 Å². The minimum Gasteiger partial charge on any atom is -0.386 e. The van der Waals surface area contributed by atoms with Gasteiger partial charge in [-0.15, -0.1) is 0 Å². The van der Waals surface area contributed by atoms with E-state index >= 15 is 0 Å². The summed E-state index contributed by atoms with van der Waals surface area (Å²) in [6, 6.07) is 1.66. The summed E-state index contributed by atoms with van der Waals surface area (Å²) >= 11 is 0. The molecule has 0 saturated heterocycles. The molecule has 0 saturated carbocycles. The van der Waals surface area contributed by atoms with Gasteiger partial charge >= 0.3 is 0 Å². The molecule has 0 spiro atoms. The van der Waals surface area contributed by atoms with Crippen molar-refractivity contribution in [2.75, 3.05) is 13.2 Å². The van der Waals surface area contributed by atoms with Gasteiger partial charge in [-0.2, -0.15) is 5.26 Å². The highest BCUT2D eigenvalue weighted by molar-refractivity contribution is 7.43. The van der Waals surface area contributed by atoms with Crippen molar-refractivity contribution in [3.8, 4) is 6.07 Å². The van der Waals surface area contributed by atoms with E-state index in [2.05, 4.69) is 0 Å². The average Bonchev–Trinajstić information content (AvgIpc) is 2.36. The molecule has 2 unspecified atom stereocenters. The fourth-order valence-corrected chi connectivity index (χ4v) is 3.90. The predicted molar refractivity (Wildman–Crippen MR) is 77.3 cm³/mol. The number of nitrogens with zero attached hydrogens (tertiary/aromatic N) is 2. The van der Waals surface area contributed by atoms with Gasteiger partial charge in [-0.05, 0) is 27.7 Å². The van der Waals surface area contributed by atoms with Crippen LogP contribution in [-0.2, 0) is 9.30 Å². The molecule has 3 atom stereocenters. The lowest BCUT2D eigenvalue weighted by Crippen LogP contribution is -2.50. The fourth-order valence-electron chi connectivity index (χ4n) is 1.96. The largest absolute Gasteiger partial charge is 0.386 e. The van der Waals surface area contributed by atoms with Crippen LogP contribution < -0.4 is 5.73 Å². The Bertz CT molecular complexity index is 351. The maximum absolute atomic E-state index is 12.7. The van der Waals surface area contributed by atoms with Crippen LogP contribution in [-0.4, -0.2) is 51.8 Å². The first-order valence-corrected chi connectivity index (χ1v) is 8.02. The van der Waals surface area contributed by atoms with E-state index in [1.165, 1.54) is 0 Å². The molecule has 0 amide bonds. The molecule has 0 aliphatic rings. The first kappa shape index (κ1) is 19.5. The van der Waals surface area contributed by atoms with Crippen LogP contribution in [0.15, 0.2) is 0 Å². The third kappa shape index (κ3) is 4.81. The van der Waals surface area contributed by atoms with Crippen molar-refractivity contribution in [2.24, 2.45) is 5.73 Å². The van der Waals surface area contributed by atoms with Gasteiger partial charge in [0.25, 0.3) is 5.53 Å². The van der Waals surface area contributed by atoms with Gasteiger partial charge in [0.15, 0.2) is 7.95 Å². The van der Waals surface area contributed by atoms with E-state index in [4.69, 9.17) is 15.7 Å². The molecule has 118 valence electrons. The SMILES string of the molecule is CC(C)N(C(C)C)[PH](=O)[C@@](O)(OCCC#N)C(O)CN. The summed E-state index contributed by atoms with van der Waals surface area (Å²) in [5, 5.41) is 28.9. The summed E-state index contributed by atoms with van der Waals surface area (Å²) < 4.78 is 19.4. The van der Waals surface area contributed by atoms with E-state index in [0.717, 1.165) is 0 Å². The second-order valence-corrected chi connectivity index (χ2v) is 6.95. The number of aliphatic hydroxyl groups is 2. The second-order valence-electron chi connectivity index (χ2n) is 5.10. The van der Waals surface area contributed by atoms with E-state index in [-0.39, 0.29) is 31.7 Å². The van der Waals surface area contributed by atoms with Crippen LogP contribution in [0.25, 0.3) is 0 Å². The molecule has 0 aromatic carbocycles. The van der Waals surface area contributed by atoms with E-state index < -0.39 is 19.6 Å².